The number of allylic oxidation sites excluding steroid dienone is 2. The molecule has 0 aliphatic rings. The van der Waals surface area contributed by atoms with Crippen molar-refractivity contribution in [2.24, 2.45) is 4.99 Å². The molecule has 3 rings (SSSR count). The molecule has 2 heterocycles. The largest absolute Gasteiger partial charge is 0.286 e. The van der Waals surface area contributed by atoms with Crippen LogP contribution in [0.15, 0.2) is 84.3 Å². The highest BCUT2D eigenvalue weighted by Crippen LogP contribution is 2.13. The standard InChI is InChI=1S/C23H26N6/c1-4-8-20(24-3)15-28(16-21-9-6-7-14-25-21)17-22-18-29(27-26-22)23-12-10-19(5-2)11-13-23/h4,6-14,18H,1,3,5,15-17H2,2H3/b20-8-. The summed E-state index contributed by atoms with van der Waals surface area (Å²) in [7, 11) is 0. The first-order valence-corrected chi connectivity index (χ1v) is 9.63. The Kier molecular flexibility index (Phi) is 7.19. The van der Waals surface area contributed by atoms with Gasteiger partial charge in [-0.05, 0) is 49.0 Å². The summed E-state index contributed by atoms with van der Waals surface area (Å²) in [6.07, 6.45) is 8.37. The van der Waals surface area contributed by atoms with E-state index in [1.54, 1.807) is 17.0 Å². The topological polar surface area (TPSA) is 59.2 Å². The first-order chi connectivity index (χ1) is 14.2. The van der Waals surface area contributed by atoms with Crippen LogP contribution >= 0.6 is 0 Å². The fourth-order valence-electron chi connectivity index (χ4n) is 3.02. The Balaban J connectivity index is 1.77. The van der Waals surface area contributed by atoms with Gasteiger partial charge in [-0.3, -0.25) is 14.9 Å². The van der Waals surface area contributed by atoms with Crippen LogP contribution in [0.2, 0.25) is 0 Å². The Morgan fingerprint density at radius 1 is 1.14 bits per heavy atom. The molecule has 0 spiro atoms. The fraction of sp³-hybridized carbons (Fsp3) is 0.217. The molecule has 0 aliphatic heterocycles. The van der Waals surface area contributed by atoms with Gasteiger partial charge < -0.3 is 0 Å². The van der Waals surface area contributed by atoms with Crippen LogP contribution in [0, 0.1) is 0 Å². The van der Waals surface area contributed by atoms with Gasteiger partial charge in [0.05, 0.1) is 29.0 Å². The van der Waals surface area contributed by atoms with E-state index in [9.17, 15) is 0 Å². The zero-order valence-corrected chi connectivity index (χ0v) is 16.8. The van der Waals surface area contributed by atoms with Crippen molar-refractivity contribution in [3.63, 3.8) is 0 Å². The number of rotatable bonds is 10. The molecule has 1 aromatic carbocycles. The predicted octanol–water partition coefficient (Wildman–Crippen LogP) is 4.00. The lowest BCUT2D eigenvalue weighted by atomic mass is 10.1. The van der Waals surface area contributed by atoms with E-state index >= 15 is 0 Å². The van der Waals surface area contributed by atoms with Crippen molar-refractivity contribution in [1.82, 2.24) is 24.9 Å². The van der Waals surface area contributed by atoms with Crippen LogP contribution in [-0.4, -0.2) is 38.1 Å². The Morgan fingerprint density at radius 3 is 2.59 bits per heavy atom. The average Bonchev–Trinajstić information content (AvgIpc) is 3.22. The second kappa shape index (κ2) is 10.2. The fourth-order valence-corrected chi connectivity index (χ4v) is 3.02. The van der Waals surface area contributed by atoms with Crippen molar-refractivity contribution >= 4 is 6.72 Å². The van der Waals surface area contributed by atoms with E-state index in [1.165, 1.54) is 5.56 Å². The van der Waals surface area contributed by atoms with Gasteiger partial charge in [-0.1, -0.05) is 43.0 Å². The lowest BCUT2D eigenvalue weighted by Crippen LogP contribution is -2.25. The van der Waals surface area contributed by atoms with Gasteiger partial charge in [0.25, 0.3) is 0 Å². The number of aromatic nitrogens is 4. The molecule has 29 heavy (non-hydrogen) atoms. The SMILES string of the molecule is C=C/C=C(/CN(Cc1ccccn1)Cc1cn(-c2ccc(CC)cc2)nn1)N=C. The molecule has 0 aliphatic carbocycles. The summed E-state index contributed by atoms with van der Waals surface area (Å²) in [4.78, 5) is 10.8. The third kappa shape index (κ3) is 5.80. The Hall–Kier alpha value is -3.38. The minimum absolute atomic E-state index is 0.615. The van der Waals surface area contributed by atoms with Gasteiger partial charge in [-0.15, -0.1) is 5.10 Å². The third-order valence-corrected chi connectivity index (χ3v) is 4.55. The van der Waals surface area contributed by atoms with E-state index in [4.69, 9.17) is 0 Å². The molecular weight excluding hydrogens is 360 g/mol. The summed E-state index contributed by atoms with van der Waals surface area (Å²) < 4.78 is 1.81. The van der Waals surface area contributed by atoms with Gasteiger partial charge in [0, 0.05) is 25.8 Å². The summed E-state index contributed by atoms with van der Waals surface area (Å²) in [6.45, 7) is 11.5. The molecule has 0 N–H and O–H groups in total. The number of aryl methyl sites for hydroxylation is 1. The number of hydrogen-bond donors (Lipinski definition) is 0. The van der Waals surface area contributed by atoms with Gasteiger partial charge in [0.2, 0.25) is 0 Å². The number of pyridine rings is 1. The van der Waals surface area contributed by atoms with Crippen LogP contribution in [0.3, 0.4) is 0 Å². The van der Waals surface area contributed by atoms with Crippen molar-refractivity contribution in [1.29, 1.82) is 0 Å². The van der Waals surface area contributed by atoms with Crippen LogP contribution in [0.1, 0.15) is 23.9 Å². The Bertz CT molecular complexity index is 957. The molecule has 0 saturated heterocycles. The smallest absolute Gasteiger partial charge is 0.0972 e. The molecular formula is C23H26N6. The van der Waals surface area contributed by atoms with Gasteiger partial charge >= 0.3 is 0 Å². The van der Waals surface area contributed by atoms with E-state index in [-0.39, 0.29) is 0 Å². The van der Waals surface area contributed by atoms with Crippen molar-refractivity contribution < 1.29 is 0 Å². The normalized spacial score (nSPS) is 11.6. The molecule has 0 fully saturated rings. The molecule has 0 unspecified atom stereocenters. The number of nitrogens with zero attached hydrogens (tertiary/aromatic N) is 6. The van der Waals surface area contributed by atoms with E-state index in [1.807, 2.05) is 30.5 Å². The monoisotopic (exact) mass is 386 g/mol. The van der Waals surface area contributed by atoms with Gasteiger partial charge in [0.15, 0.2) is 0 Å². The Morgan fingerprint density at radius 2 is 1.93 bits per heavy atom. The highest BCUT2D eigenvalue weighted by molar-refractivity contribution is 5.34. The number of benzene rings is 1. The molecule has 0 saturated carbocycles. The summed E-state index contributed by atoms with van der Waals surface area (Å²) in [5, 5.41) is 8.66. The zero-order valence-electron chi connectivity index (χ0n) is 16.8. The van der Waals surface area contributed by atoms with Crippen molar-refractivity contribution in [2.45, 2.75) is 26.4 Å². The van der Waals surface area contributed by atoms with Crippen LogP contribution in [0.25, 0.3) is 5.69 Å². The van der Waals surface area contributed by atoms with Crippen LogP contribution in [0.4, 0.5) is 0 Å². The maximum Gasteiger partial charge on any atom is 0.0972 e. The maximum absolute atomic E-state index is 4.44. The molecule has 6 heteroatoms. The number of aliphatic imine (C=N–C) groups is 1. The second-order valence-corrected chi connectivity index (χ2v) is 6.69. The van der Waals surface area contributed by atoms with Crippen LogP contribution in [0.5, 0.6) is 0 Å². The first-order valence-electron chi connectivity index (χ1n) is 9.63. The lowest BCUT2D eigenvalue weighted by molar-refractivity contribution is 0.272. The van der Waals surface area contributed by atoms with E-state index < -0.39 is 0 Å². The van der Waals surface area contributed by atoms with Gasteiger partial charge in [-0.25, -0.2) is 4.68 Å². The average molecular weight is 387 g/mol. The van der Waals surface area contributed by atoms with Crippen molar-refractivity contribution in [2.75, 3.05) is 6.54 Å². The van der Waals surface area contributed by atoms with Gasteiger partial charge in [0.1, 0.15) is 0 Å². The van der Waals surface area contributed by atoms with E-state index in [2.05, 4.69) is 69.7 Å². The molecule has 0 atom stereocenters. The molecule has 0 bridgehead atoms. The molecule has 0 radical (unpaired) electrons. The molecule has 6 nitrogen and oxygen atoms in total. The highest BCUT2D eigenvalue weighted by atomic mass is 15.4. The lowest BCUT2D eigenvalue weighted by Gasteiger charge is -2.20. The van der Waals surface area contributed by atoms with E-state index in [0.29, 0.717) is 19.6 Å². The highest BCUT2D eigenvalue weighted by Gasteiger charge is 2.13. The quantitative estimate of drug-likeness (QED) is 0.390. The van der Waals surface area contributed by atoms with Crippen LogP contribution < -0.4 is 0 Å². The maximum atomic E-state index is 4.44. The zero-order chi connectivity index (χ0) is 20.5. The molecule has 0 amide bonds. The molecule has 2 aromatic heterocycles. The summed E-state index contributed by atoms with van der Waals surface area (Å²) in [5.41, 5.74) is 5.00. The summed E-state index contributed by atoms with van der Waals surface area (Å²) in [6, 6.07) is 14.3. The molecule has 3 aromatic rings. The number of hydrogen-bond acceptors (Lipinski definition) is 5. The first kappa shape index (κ1) is 20.4. The minimum Gasteiger partial charge on any atom is -0.286 e. The van der Waals surface area contributed by atoms with Crippen molar-refractivity contribution in [3.05, 3.63) is 96.2 Å². The minimum atomic E-state index is 0.615. The Labute approximate surface area is 171 Å². The van der Waals surface area contributed by atoms with E-state index in [0.717, 1.165) is 29.2 Å². The third-order valence-electron chi connectivity index (χ3n) is 4.55. The van der Waals surface area contributed by atoms with Crippen LogP contribution in [-0.2, 0) is 19.5 Å². The second-order valence-electron chi connectivity index (χ2n) is 6.69. The van der Waals surface area contributed by atoms with Crippen molar-refractivity contribution in [3.8, 4) is 5.69 Å². The van der Waals surface area contributed by atoms with Gasteiger partial charge in [-0.2, -0.15) is 0 Å². The molecule has 148 valence electrons. The predicted molar refractivity (Wildman–Crippen MR) is 117 cm³/mol. The summed E-state index contributed by atoms with van der Waals surface area (Å²) in [5.74, 6) is 0. The summed E-state index contributed by atoms with van der Waals surface area (Å²) >= 11 is 0.